The predicted molar refractivity (Wildman–Crippen MR) is 79.6 cm³/mol. The molecule has 3 N–H and O–H groups in total. The molecule has 19 heavy (non-hydrogen) atoms. The van der Waals surface area contributed by atoms with Crippen molar-refractivity contribution < 1.29 is 4.79 Å². The SMILES string of the molecule is CCn1c(NC(=O)CC(C)N)nc2ccccc21.Cl. The quantitative estimate of drug-likeness (QED) is 0.902. The molecule has 0 bridgehead atoms. The Morgan fingerprint density at radius 2 is 2.16 bits per heavy atom. The summed E-state index contributed by atoms with van der Waals surface area (Å²) in [5.41, 5.74) is 7.51. The Morgan fingerprint density at radius 1 is 1.47 bits per heavy atom. The fourth-order valence-electron chi connectivity index (χ4n) is 1.96. The minimum Gasteiger partial charge on any atom is -0.327 e. The van der Waals surface area contributed by atoms with Gasteiger partial charge in [-0.2, -0.15) is 0 Å². The molecular formula is C13H19ClN4O. The third kappa shape index (κ3) is 3.45. The molecule has 0 spiro atoms. The number of aromatic nitrogens is 2. The number of imidazole rings is 1. The summed E-state index contributed by atoms with van der Waals surface area (Å²) < 4.78 is 1.98. The lowest BCUT2D eigenvalue weighted by Gasteiger charge is -2.08. The van der Waals surface area contributed by atoms with E-state index in [1.165, 1.54) is 0 Å². The predicted octanol–water partition coefficient (Wildman–Crippen LogP) is 2.15. The molecule has 0 radical (unpaired) electrons. The molecule has 0 saturated heterocycles. The number of fused-ring (bicyclic) bond motifs is 1. The number of hydrogen-bond donors (Lipinski definition) is 2. The number of nitrogens with two attached hydrogens (primary N) is 1. The average Bonchev–Trinajstić information content (AvgIpc) is 2.64. The minimum absolute atomic E-state index is 0. The van der Waals surface area contributed by atoms with Crippen LogP contribution in [0.3, 0.4) is 0 Å². The van der Waals surface area contributed by atoms with Crippen LogP contribution >= 0.6 is 12.4 Å². The first-order valence-corrected chi connectivity index (χ1v) is 6.12. The third-order valence-corrected chi connectivity index (χ3v) is 2.73. The van der Waals surface area contributed by atoms with Crippen LogP contribution in [0, 0.1) is 0 Å². The number of anilines is 1. The first-order chi connectivity index (χ1) is 8.61. The molecule has 0 aliphatic rings. The molecule has 1 heterocycles. The summed E-state index contributed by atoms with van der Waals surface area (Å²) in [6.07, 6.45) is 0.299. The van der Waals surface area contributed by atoms with Gasteiger partial charge >= 0.3 is 0 Å². The van der Waals surface area contributed by atoms with E-state index in [2.05, 4.69) is 10.3 Å². The van der Waals surface area contributed by atoms with Gasteiger partial charge < -0.3 is 10.3 Å². The fourth-order valence-corrected chi connectivity index (χ4v) is 1.96. The number of amides is 1. The van der Waals surface area contributed by atoms with Crippen LogP contribution in [0.15, 0.2) is 24.3 Å². The molecule has 1 unspecified atom stereocenters. The van der Waals surface area contributed by atoms with Gasteiger partial charge in [0.15, 0.2) is 0 Å². The molecule has 2 rings (SSSR count). The second-order valence-corrected chi connectivity index (χ2v) is 4.40. The van der Waals surface area contributed by atoms with Gasteiger partial charge in [0.2, 0.25) is 11.9 Å². The minimum atomic E-state index is -0.149. The summed E-state index contributed by atoms with van der Waals surface area (Å²) in [5, 5.41) is 2.82. The maximum Gasteiger partial charge on any atom is 0.228 e. The Labute approximate surface area is 118 Å². The lowest BCUT2D eigenvalue weighted by molar-refractivity contribution is -0.116. The molecule has 0 aliphatic carbocycles. The van der Waals surface area contributed by atoms with Crippen LogP contribution < -0.4 is 11.1 Å². The van der Waals surface area contributed by atoms with E-state index in [0.29, 0.717) is 12.4 Å². The molecular weight excluding hydrogens is 264 g/mol. The van der Waals surface area contributed by atoms with E-state index in [1.807, 2.05) is 42.7 Å². The highest BCUT2D eigenvalue weighted by Gasteiger charge is 2.12. The molecule has 1 atom stereocenters. The molecule has 1 aromatic carbocycles. The van der Waals surface area contributed by atoms with Crippen molar-refractivity contribution in [2.75, 3.05) is 5.32 Å². The molecule has 0 aliphatic heterocycles. The van der Waals surface area contributed by atoms with Crippen molar-refractivity contribution in [1.82, 2.24) is 9.55 Å². The van der Waals surface area contributed by atoms with Gasteiger partial charge in [-0.25, -0.2) is 4.98 Å². The molecule has 0 saturated carbocycles. The fraction of sp³-hybridized carbons (Fsp3) is 0.385. The van der Waals surface area contributed by atoms with Crippen LogP contribution in [-0.4, -0.2) is 21.5 Å². The topological polar surface area (TPSA) is 72.9 Å². The number of nitrogens with one attached hydrogen (secondary N) is 1. The van der Waals surface area contributed by atoms with Crippen molar-refractivity contribution in [2.24, 2.45) is 5.73 Å². The van der Waals surface area contributed by atoms with Crippen LogP contribution in [0.4, 0.5) is 5.95 Å². The third-order valence-electron chi connectivity index (χ3n) is 2.73. The van der Waals surface area contributed by atoms with Crippen molar-refractivity contribution >= 4 is 35.3 Å². The second-order valence-electron chi connectivity index (χ2n) is 4.40. The normalized spacial score (nSPS) is 11.9. The van der Waals surface area contributed by atoms with E-state index in [1.54, 1.807) is 0 Å². The number of aryl methyl sites for hydroxylation is 1. The van der Waals surface area contributed by atoms with Crippen molar-refractivity contribution in [3.05, 3.63) is 24.3 Å². The monoisotopic (exact) mass is 282 g/mol. The molecule has 6 heteroatoms. The van der Waals surface area contributed by atoms with E-state index >= 15 is 0 Å². The zero-order valence-electron chi connectivity index (χ0n) is 11.1. The standard InChI is InChI=1S/C13H18N4O.ClH/c1-3-17-11-7-5-4-6-10(11)15-13(17)16-12(18)8-9(2)14;/h4-7,9H,3,8,14H2,1-2H3,(H,15,16,18);1H. The van der Waals surface area contributed by atoms with Crippen LogP contribution in [0.25, 0.3) is 11.0 Å². The molecule has 104 valence electrons. The van der Waals surface area contributed by atoms with E-state index < -0.39 is 0 Å². The first-order valence-electron chi connectivity index (χ1n) is 6.12. The van der Waals surface area contributed by atoms with Gasteiger partial charge in [-0.15, -0.1) is 12.4 Å². The zero-order valence-corrected chi connectivity index (χ0v) is 11.9. The van der Waals surface area contributed by atoms with Crippen LogP contribution in [-0.2, 0) is 11.3 Å². The largest absolute Gasteiger partial charge is 0.327 e. The molecule has 0 fully saturated rings. The Kier molecular flexibility index (Phi) is 5.32. The maximum absolute atomic E-state index is 11.7. The molecule has 1 amide bonds. The van der Waals surface area contributed by atoms with Gasteiger partial charge in [0.05, 0.1) is 11.0 Å². The van der Waals surface area contributed by atoms with Crippen LogP contribution in [0.1, 0.15) is 20.3 Å². The Morgan fingerprint density at radius 3 is 2.79 bits per heavy atom. The van der Waals surface area contributed by atoms with E-state index in [9.17, 15) is 4.79 Å². The summed E-state index contributed by atoms with van der Waals surface area (Å²) >= 11 is 0. The van der Waals surface area contributed by atoms with E-state index in [-0.39, 0.29) is 24.4 Å². The van der Waals surface area contributed by atoms with Crippen LogP contribution in [0.2, 0.25) is 0 Å². The highest BCUT2D eigenvalue weighted by molar-refractivity contribution is 5.91. The Hall–Kier alpha value is -1.59. The van der Waals surface area contributed by atoms with Gasteiger partial charge in [0.1, 0.15) is 0 Å². The maximum atomic E-state index is 11.7. The summed E-state index contributed by atoms with van der Waals surface area (Å²) in [4.78, 5) is 16.1. The van der Waals surface area contributed by atoms with Gasteiger partial charge in [0, 0.05) is 19.0 Å². The van der Waals surface area contributed by atoms with Gasteiger partial charge in [-0.3, -0.25) is 10.1 Å². The van der Waals surface area contributed by atoms with Gasteiger partial charge in [-0.05, 0) is 26.0 Å². The molecule has 2 aromatic rings. The highest BCUT2D eigenvalue weighted by Crippen LogP contribution is 2.19. The van der Waals surface area contributed by atoms with Crippen molar-refractivity contribution in [3.8, 4) is 0 Å². The average molecular weight is 283 g/mol. The van der Waals surface area contributed by atoms with Gasteiger partial charge in [0.25, 0.3) is 0 Å². The number of hydrogen-bond acceptors (Lipinski definition) is 3. The Balaban J connectivity index is 0.00000180. The smallest absolute Gasteiger partial charge is 0.228 e. The van der Waals surface area contributed by atoms with E-state index in [4.69, 9.17) is 5.73 Å². The van der Waals surface area contributed by atoms with Crippen LogP contribution in [0.5, 0.6) is 0 Å². The number of nitrogens with zero attached hydrogens (tertiary/aromatic N) is 2. The summed E-state index contributed by atoms with van der Waals surface area (Å²) in [7, 11) is 0. The second kappa shape index (κ2) is 6.54. The highest BCUT2D eigenvalue weighted by atomic mass is 35.5. The number of benzene rings is 1. The zero-order chi connectivity index (χ0) is 13.1. The van der Waals surface area contributed by atoms with Crippen molar-refractivity contribution in [3.63, 3.8) is 0 Å². The number of carbonyl (C=O) groups is 1. The summed E-state index contributed by atoms with van der Waals surface area (Å²) in [6.45, 7) is 4.59. The van der Waals surface area contributed by atoms with Crippen molar-refractivity contribution in [1.29, 1.82) is 0 Å². The Bertz CT molecular complexity index is 565. The molecule has 1 aromatic heterocycles. The number of para-hydroxylation sites is 2. The number of halogens is 1. The lowest BCUT2D eigenvalue weighted by atomic mass is 10.2. The first kappa shape index (κ1) is 15.5. The van der Waals surface area contributed by atoms with E-state index in [0.717, 1.165) is 17.6 Å². The number of carbonyl (C=O) groups excluding carboxylic acids is 1. The molecule has 5 nitrogen and oxygen atoms in total. The summed E-state index contributed by atoms with van der Waals surface area (Å²) in [6, 6.07) is 7.67. The van der Waals surface area contributed by atoms with Gasteiger partial charge in [-0.1, -0.05) is 12.1 Å². The number of rotatable bonds is 4. The lowest BCUT2D eigenvalue weighted by Crippen LogP contribution is -2.25. The summed E-state index contributed by atoms with van der Waals surface area (Å²) in [5.74, 6) is 0.486. The van der Waals surface area contributed by atoms with Crippen molar-refractivity contribution in [2.45, 2.75) is 32.9 Å².